The predicted molar refractivity (Wildman–Crippen MR) is 138 cm³/mol. The molecule has 6 heteroatoms. The smallest absolute Gasteiger partial charge is 0.229 e. The first-order valence-electron chi connectivity index (χ1n) is 13.0. The Bertz CT molecular complexity index is 1230. The molecular weight excluding hydrogens is 436 g/mol. The normalized spacial score (nSPS) is 27.3. The zero-order valence-electron chi connectivity index (χ0n) is 20.7. The van der Waals surface area contributed by atoms with E-state index in [-0.39, 0.29) is 23.3 Å². The van der Waals surface area contributed by atoms with Crippen LogP contribution in [0.2, 0.25) is 0 Å². The van der Waals surface area contributed by atoms with E-state index in [1.807, 2.05) is 30.5 Å². The summed E-state index contributed by atoms with van der Waals surface area (Å²) >= 11 is 0. The number of fused-ring (bicyclic) bond motifs is 1. The number of anilines is 1. The van der Waals surface area contributed by atoms with E-state index < -0.39 is 0 Å². The summed E-state index contributed by atoms with van der Waals surface area (Å²) < 4.78 is 5.70. The molecule has 0 bridgehead atoms. The van der Waals surface area contributed by atoms with E-state index in [4.69, 9.17) is 4.74 Å². The number of pyridine rings is 2. The van der Waals surface area contributed by atoms with Crippen molar-refractivity contribution in [3.8, 4) is 0 Å². The van der Waals surface area contributed by atoms with Crippen molar-refractivity contribution < 1.29 is 9.53 Å². The quantitative estimate of drug-likeness (QED) is 0.566. The molecule has 182 valence electrons. The Morgan fingerprint density at radius 3 is 2.74 bits per heavy atom. The number of hydrogen-bond acceptors (Lipinski definition) is 5. The van der Waals surface area contributed by atoms with Gasteiger partial charge in [-0.15, -0.1) is 0 Å². The summed E-state index contributed by atoms with van der Waals surface area (Å²) in [6.45, 7) is 8.56. The largest absolute Gasteiger partial charge is 0.379 e. The second-order valence-electron chi connectivity index (χ2n) is 10.9. The summed E-state index contributed by atoms with van der Waals surface area (Å²) in [5.74, 6) is 1.44. The van der Waals surface area contributed by atoms with Crippen LogP contribution in [0, 0.1) is 12.8 Å². The molecule has 0 spiro atoms. The Morgan fingerprint density at radius 1 is 1.14 bits per heavy atom. The third kappa shape index (κ3) is 4.45. The Balaban J connectivity index is 1.15. The van der Waals surface area contributed by atoms with Crippen LogP contribution in [0.4, 0.5) is 5.82 Å². The van der Waals surface area contributed by atoms with Crippen LogP contribution in [0.1, 0.15) is 61.3 Å². The lowest BCUT2D eigenvalue weighted by molar-refractivity contribution is -0.117. The molecule has 3 fully saturated rings. The molecule has 35 heavy (non-hydrogen) atoms. The number of nitrogens with one attached hydrogen (secondary N) is 1. The topological polar surface area (TPSA) is 67.4 Å². The first-order valence-corrected chi connectivity index (χ1v) is 13.0. The minimum atomic E-state index is -0.0201. The summed E-state index contributed by atoms with van der Waals surface area (Å²) in [6.07, 6.45) is 8.01. The summed E-state index contributed by atoms with van der Waals surface area (Å²) in [5.41, 5.74) is 3.98. The van der Waals surface area contributed by atoms with Gasteiger partial charge in [-0.3, -0.25) is 14.7 Å². The highest BCUT2D eigenvalue weighted by Gasteiger charge is 2.45. The van der Waals surface area contributed by atoms with E-state index in [1.165, 1.54) is 24.0 Å². The van der Waals surface area contributed by atoms with Gasteiger partial charge in [0.05, 0.1) is 6.61 Å². The van der Waals surface area contributed by atoms with Crippen molar-refractivity contribution in [1.29, 1.82) is 0 Å². The van der Waals surface area contributed by atoms with Gasteiger partial charge in [0.1, 0.15) is 5.82 Å². The molecule has 3 aromatic rings. The average molecular weight is 471 g/mol. The van der Waals surface area contributed by atoms with Crippen molar-refractivity contribution in [3.05, 3.63) is 65.6 Å². The van der Waals surface area contributed by atoms with Crippen LogP contribution in [0.5, 0.6) is 0 Å². The Kier molecular flexibility index (Phi) is 5.81. The van der Waals surface area contributed by atoms with Crippen LogP contribution in [-0.2, 0) is 9.53 Å². The van der Waals surface area contributed by atoms with Gasteiger partial charge in [0.2, 0.25) is 5.91 Å². The molecule has 1 aliphatic carbocycles. The average Bonchev–Trinajstić information content (AvgIpc) is 3.57. The summed E-state index contributed by atoms with van der Waals surface area (Å²) in [6, 6.07) is 12.5. The molecular formula is C29H34N4O2. The zero-order chi connectivity index (χ0) is 24.0. The maximum Gasteiger partial charge on any atom is 0.229 e. The highest BCUT2D eigenvalue weighted by Crippen LogP contribution is 2.47. The molecule has 3 atom stereocenters. The van der Waals surface area contributed by atoms with Crippen LogP contribution >= 0.6 is 0 Å². The number of piperidine rings is 1. The van der Waals surface area contributed by atoms with E-state index in [0.29, 0.717) is 11.7 Å². The highest BCUT2D eigenvalue weighted by molar-refractivity contribution is 5.96. The van der Waals surface area contributed by atoms with Crippen molar-refractivity contribution >= 4 is 22.5 Å². The van der Waals surface area contributed by atoms with Gasteiger partial charge in [-0.1, -0.05) is 12.1 Å². The maximum atomic E-state index is 12.8. The van der Waals surface area contributed by atoms with Crippen LogP contribution in [0.3, 0.4) is 0 Å². The molecule has 2 aromatic heterocycles. The number of nitrogens with zero attached hydrogens (tertiary/aromatic N) is 3. The number of benzene rings is 1. The van der Waals surface area contributed by atoms with Gasteiger partial charge in [-0.25, -0.2) is 4.98 Å². The Morgan fingerprint density at radius 2 is 2.00 bits per heavy atom. The molecule has 1 amide bonds. The molecule has 3 aliphatic rings. The third-order valence-electron chi connectivity index (χ3n) is 8.45. The van der Waals surface area contributed by atoms with E-state index in [1.54, 1.807) is 6.20 Å². The SMILES string of the molecule is Cc1cc2cnc(NC(=O)[C@@H]3C[C@H]3c3ccccn3)cc2cc1C1CCN([C@@]2(C)CCOC2)CC1. The monoisotopic (exact) mass is 470 g/mol. The van der Waals surface area contributed by atoms with Crippen LogP contribution < -0.4 is 5.32 Å². The second kappa shape index (κ2) is 8.99. The molecule has 2 aliphatic heterocycles. The maximum absolute atomic E-state index is 12.8. The first-order chi connectivity index (χ1) is 17.0. The lowest BCUT2D eigenvalue weighted by Crippen LogP contribution is -2.50. The van der Waals surface area contributed by atoms with Crippen LogP contribution in [-0.4, -0.2) is 52.6 Å². The van der Waals surface area contributed by atoms with Crippen LogP contribution in [0.15, 0.2) is 48.8 Å². The van der Waals surface area contributed by atoms with Gasteiger partial charge in [0.25, 0.3) is 0 Å². The van der Waals surface area contributed by atoms with E-state index in [2.05, 4.69) is 46.2 Å². The zero-order valence-corrected chi connectivity index (χ0v) is 20.7. The predicted octanol–water partition coefficient (Wildman–Crippen LogP) is 5.04. The molecule has 0 radical (unpaired) electrons. The number of rotatable bonds is 5. The molecule has 4 heterocycles. The number of carbonyl (C=O) groups excluding carboxylic acids is 1. The lowest BCUT2D eigenvalue weighted by atomic mass is 9.84. The minimum Gasteiger partial charge on any atom is -0.379 e. The first kappa shape index (κ1) is 22.6. The number of aryl methyl sites for hydroxylation is 1. The van der Waals surface area contributed by atoms with Gasteiger partial charge < -0.3 is 10.1 Å². The van der Waals surface area contributed by atoms with Crippen LogP contribution in [0.25, 0.3) is 10.8 Å². The van der Waals surface area contributed by atoms with Gasteiger partial charge >= 0.3 is 0 Å². The molecule has 1 aromatic carbocycles. The highest BCUT2D eigenvalue weighted by atomic mass is 16.5. The van der Waals surface area contributed by atoms with Crippen molar-refractivity contribution in [1.82, 2.24) is 14.9 Å². The number of aromatic nitrogens is 2. The van der Waals surface area contributed by atoms with Crippen molar-refractivity contribution in [2.75, 3.05) is 31.6 Å². The number of amides is 1. The van der Waals surface area contributed by atoms with E-state index in [0.717, 1.165) is 55.6 Å². The summed E-state index contributed by atoms with van der Waals surface area (Å²) in [5, 5.41) is 5.32. The van der Waals surface area contributed by atoms with Gasteiger partial charge in [0, 0.05) is 47.5 Å². The standard InChI is InChI=1S/C29H34N4O2/c1-19-13-22-17-31-27(32-28(34)25-16-24(25)26-5-3-4-9-30-26)15-21(22)14-23(19)20-6-10-33(11-7-20)29(2)8-12-35-18-29/h3-5,9,13-15,17,20,24-25H,6-8,10-12,16,18H2,1-2H3,(H,31,32,34)/t24-,25-,29+/m1/s1. The van der Waals surface area contributed by atoms with E-state index in [9.17, 15) is 4.79 Å². The molecule has 2 saturated heterocycles. The molecule has 0 unspecified atom stereocenters. The fraction of sp³-hybridized carbons (Fsp3) is 0.483. The summed E-state index contributed by atoms with van der Waals surface area (Å²) in [4.78, 5) is 24.4. The molecule has 6 nitrogen and oxygen atoms in total. The Hall–Kier alpha value is -2.83. The van der Waals surface area contributed by atoms with E-state index >= 15 is 0 Å². The lowest BCUT2D eigenvalue weighted by Gasteiger charge is -2.42. The van der Waals surface area contributed by atoms with Gasteiger partial charge in [-0.2, -0.15) is 0 Å². The van der Waals surface area contributed by atoms with Crippen molar-refractivity contribution in [2.45, 2.75) is 56.9 Å². The Labute approximate surface area is 207 Å². The van der Waals surface area contributed by atoms with Gasteiger partial charge in [-0.05, 0) is 99.3 Å². The van der Waals surface area contributed by atoms with Crippen molar-refractivity contribution in [3.63, 3.8) is 0 Å². The molecule has 6 rings (SSSR count). The number of ether oxygens (including phenoxy) is 1. The summed E-state index contributed by atoms with van der Waals surface area (Å²) in [7, 11) is 0. The number of likely N-dealkylation sites (tertiary alicyclic amines) is 1. The second-order valence-corrected chi connectivity index (χ2v) is 10.9. The van der Waals surface area contributed by atoms with Crippen molar-refractivity contribution in [2.24, 2.45) is 5.92 Å². The third-order valence-corrected chi connectivity index (χ3v) is 8.45. The molecule has 1 N–H and O–H groups in total. The fourth-order valence-electron chi connectivity index (χ4n) is 6.10. The number of hydrogen-bond donors (Lipinski definition) is 1. The fourth-order valence-corrected chi connectivity index (χ4v) is 6.10. The van der Waals surface area contributed by atoms with Gasteiger partial charge in [0.15, 0.2) is 0 Å². The molecule has 1 saturated carbocycles. The number of carbonyl (C=O) groups is 1. The minimum absolute atomic E-state index is 0.0201.